The van der Waals surface area contributed by atoms with Crippen molar-refractivity contribution >= 4 is 6.08 Å². The van der Waals surface area contributed by atoms with Crippen LogP contribution in [0.1, 0.15) is 25.1 Å². The molecule has 0 saturated heterocycles. The van der Waals surface area contributed by atoms with Crippen molar-refractivity contribution in [1.29, 1.82) is 0 Å². The first-order valence-corrected chi connectivity index (χ1v) is 5.55. The normalized spacial score (nSPS) is 11.9. The molecular formula is C12H21N3O. The first kappa shape index (κ1) is 12.8. The van der Waals surface area contributed by atoms with Crippen molar-refractivity contribution in [3.63, 3.8) is 0 Å². The minimum Gasteiger partial charge on any atom is -0.481 e. The predicted molar refractivity (Wildman–Crippen MR) is 66.7 cm³/mol. The highest BCUT2D eigenvalue weighted by Gasteiger charge is 2.11. The average molecular weight is 223 g/mol. The second-order valence-corrected chi connectivity index (χ2v) is 3.90. The first-order valence-electron chi connectivity index (χ1n) is 5.55. The number of aromatic nitrogens is 2. The molecule has 0 spiro atoms. The maximum Gasteiger partial charge on any atom is 0.218 e. The summed E-state index contributed by atoms with van der Waals surface area (Å²) in [6, 6.07) is 0. The Balaban J connectivity index is 2.94. The molecule has 0 aliphatic heterocycles. The summed E-state index contributed by atoms with van der Waals surface area (Å²) in [6.07, 6.45) is 2.13. The summed E-state index contributed by atoms with van der Waals surface area (Å²) in [4.78, 5) is 0. The molecule has 0 unspecified atom stereocenters. The van der Waals surface area contributed by atoms with E-state index in [0.717, 1.165) is 30.2 Å². The summed E-state index contributed by atoms with van der Waals surface area (Å²) >= 11 is 0. The molecule has 0 saturated carbocycles. The van der Waals surface area contributed by atoms with Crippen LogP contribution in [-0.4, -0.2) is 30.0 Å². The van der Waals surface area contributed by atoms with Gasteiger partial charge in [-0.3, -0.25) is 0 Å². The number of aryl methyl sites for hydroxylation is 2. The summed E-state index contributed by atoms with van der Waals surface area (Å²) in [7, 11) is 3.57. The molecule has 1 aromatic heterocycles. The van der Waals surface area contributed by atoms with Crippen molar-refractivity contribution in [1.82, 2.24) is 15.1 Å². The molecule has 4 nitrogen and oxygen atoms in total. The number of likely N-dealkylation sites (N-methyl/N-ethyl adjacent to an activating group) is 1. The van der Waals surface area contributed by atoms with Gasteiger partial charge in [0.25, 0.3) is 0 Å². The number of rotatable bonds is 5. The molecule has 1 rings (SSSR count). The molecular weight excluding hydrogens is 202 g/mol. The van der Waals surface area contributed by atoms with E-state index in [0.29, 0.717) is 0 Å². The van der Waals surface area contributed by atoms with Gasteiger partial charge in [-0.2, -0.15) is 5.10 Å². The van der Waals surface area contributed by atoms with Gasteiger partial charge in [-0.1, -0.05) is 12.5 Å². The monoisotopic (exact) mass is 223 g/mol. The van der Waals surface area contributed by atoms with Gasteiger partial charge in [-0.15, -0.1) is 0 Å². The van der Waals surface area contributed by atoms with Crippen molar-refractivity contribution in [3.8, 4) is 5.88 Å². The largest absolute Gasteiger partial charge is 0.481 e. The number of methoxy groups -OCH3 is 1. The zero-order chi connectivity index (χ0) is 12.1. The predicted octanol–water partition coefficient (Wildman–Crippen LogP) is 1.75. The zero-order valence-electron chi connectivity index (χ0n) is 10.8. The van der Waals surface area contributed by atoms with Crippen LogP contribution in [0.25, 0.3) is 6.08 Å². The first-order chi connectivity index (χ1) is 7.60. The molecule has 0 radical (unpaired) electrons. The number of nitrogens with zero attached hydrogens (tertiary/aromatic N) is 2. The van der Waals surface area contributed by atoms with Crippen molar-refractivity contribution < 1.29 is 4.74 Å². The van der Waals surface area contributed by atoms with Gasteiger partial charge >= 0.3 is 0 Å². The Labute approximate surface area is 97.3 Å². The highest BCUT2D eigenvalue weighted by atomic mass is 16.5. The van der Waals surface area contributed by atoms with E-state index in [4.69, 9.17) is 4.74 Å². The van der Waals surface area contributed by atoms with Gasteiger partial charge in [0.1, 0.15) is 0 Å². The maximum absolute atomic E-state index is 5.34. The summed E-state index contributed by atoms with van der Waals surface area (Å²) in [6.45, 7) is 8.08. The zero-order valence-corrected chi connectivity index (χ0v) is 10.8. The Hall–Kier alpha value is -1.29. The lowest BCUT2D eigenvalue weighted by Crippen LogP contribution is -2.14. The molecule has 4 heteroatoms. The van der Waals surface area contributed by atoms with Crippen LogP contribution >= 0.6 is 0 Å². The summed E-state index contributed by atoms with van der Waals surface area (Å²) in [5.41, 5.74) is 3.34. The Bertz CT molecular complexity index is 380. The van der Waals surface area contributed by atoms with Crippen molar-refractivity contribution in [3.05, 3.63) is 16.8 Å². The average Bonchev–Trinajstić information content (AvgIpc) is 2.50. The van der Waals surface area contributed by atoms with Gasteiger partial charge in [0.15, 0.2) is 0 Å². The van der Waals surface area contributed by atoms with E-state index in [9.17, 15) is 0 Å². The quantitative estimate of drug-likeness (QED) is 0.826. The van der Waals surface area contributed by atoms with Crippen LogP contribution in [0.3, 0.4) is 0 Å². The number of ether oxygens (including phenoxy) is 1. The molecule has 0 aliphatic rings. The Morgan fingerprint density at radius 3 is 2.81 bits per heavy atom. The summed E-state index contributed by atoms with van der Waals surface area (Å²) in [5, 5.41) is 7.64. The van der Waals surface area contributed by atoms with Crippen LogP contribution in [0.4, 0.5) is 0 Å². The van der Waals surface area contributed by atoms with Crippen LogP contribution in [0.15, 0.2) is 5.57 Å². The van der Waals surface area contributed by atoms with Gasteiger partial charge in [0.05, 0.1) is 18.4 Å². The van der Waals surface area contributed by atoms with E-state index in [1.165, 1.54) is 5.57 Å². The van der Waals surface area contributed by atoms with Crippen molar-refractivity contribution in [2.24, 2.45) is 7.05 Å². The smallest absolute Gasteiger partial charge is 0.218 e. The minimum atomic E-state index is 0.813. The van der Waals surface area contributed by atoms with E-state index < -0.39 is 0 Å². The highest BCUT2D eigenvalue weighted by molar-refractivity contribution is 5.60. The number of hydrogen-bond donors (Lipinski definition) is 1. The Morgan fingerprint density at radius 1 is 1.56 bits per heavy atom. The Morgan fingerprint density at radius 2 is 2.25 bits per heavy atom. The third kappa shape index (κ3) is 2.85. The molecule has 1 N–H and O–H groups in total. The fraction of sp³-hybridized carbons (Fsp3) is 0.583. The van der Waals surface area contributed by atoms with E-state index in [1.807, 2.05) is 14.0 Å². The molecule has 0 fully saturated rings. The molecule has 1 aromatic rings. The second kappa shape index (κ2) is 5.70. The molecule has 0 bridgehead atoms. The van der Waals surface area contributed by atoms with Gasteiger partial charge in [-0.25, -0.2) is 4.68 Å². The summed E-state index contributed by atoms with van der Waals surface area (Å²) in [5.74, 6) is 0.813. The molecule has 90 valence electrons. The van der Waals surface area contributed by atoms with Gasteiger partial charge in [-0.05, 0) is 26.5 Å². The number of hydrogen-bond acceptors (Lipinski definition) is 3. The topological polar surface area (TPSA) is 39.1 Å². The molecule has 0 aromatic carbocycles. The third-order valence-corrected chi connectivity index (χ3v) is 2.45. The van der Waals surface area contributed by atoms with Crippen LogP contribution in [0, 0.1) is 6.92 Å². The fourth-order valence-electron chi connectivity index (χ4n) is 1.68. The minimum absolute atomic E-state index is 0.813. The molecule has 0 amide bonds. The maximum atomic E-state index is 5.34. The van der Waals surface area contributed by atoms with Crippen molar-refractivity contribution in [2.45, 2.75) is 20.8 Å². The Kier molecular flexibility index (Phi) is 4.55. The van der Waals surface area contributed by atoms with Crippen LogP contribution in [0.2, 0.25) is 0 Å². The fourth-order valence-corrected chi connectivity index (χ4v) is 1.68. The lowest BCUT2D eigenvalue weighted by molar-refractivity contribution is 0.372. The standard InChI is InChI=1S/C12H21N3O/c1-6-13-8-9(2)7-11-10(3)14-15(4)12(11)16-5/h7,13H,6,8H2,1-5H3. The molecule has 0 atom stereocenters. The van der Waals surface area contributed by atoms with Gasteiger partial charge in [0, 0.05) is 13.6 Å². The summed E-state index contributed by atoms with van der Waals surface area (Å²) < 4.78 is 7.10. The molecule has 1 heterocycles. The van der Waals surface area contributed by atoms with E-state index in [-0.39, 0.29) is 0 Å². The molecule has 16 heavy (non-hydrogen) atoms. The van der Waals surface area contributed by atoms with E-state index in [1.54, 1.807) is 11.8 Å². The second-order valence-electron chi connectivity index (χ2n) is 3.90. The van der Waals surface area contributed by atoms with Crippen LogP contribution < -0.4 is 10.1 Å². The molecule has 0 aliphatic carbocycles. The lowest BCUT2D eigenvalue weighted by Gasteiger charge is -2.04. The van der Waals surface area contributed by atoms with E-state index in [2.05, 4.69) is 30.3 Å². The van der Waals surface area contributed by atoms with Crippen LogP contribution in [0.5, 0.6) is 5.88 Å². The third-order valence-electron chi connectivity index (χ3n) is 2.45. The number of nitrogens with one attached hydrogen (secondary N) is 1. The highest BCUT2D eigenvalue weighted by Crippen LogP contribution is 2.23. The van der Waals surface area contributed by atoms with Gasteiger partial charge < -0.3 is 10.1 Å². The lowest BCUT2D eigenvalue weighted by atomic mass is 10.1. The van der Waals surface area contributed by atoms with Gasteiger partial charge in [0.2, 0.25) is 5.88 Å². The SMILES string of the molecule is CCNCC(C)=Cc1c(C)nn(C)c1OC. The van der Waals surface area contributed by atoms with Crippen LogP contribution in [-0.2, 0) is 7.05 Å². The van der Waals surface area contributed by atoms with E-state index >= 15 is 0 Å². The van der Waals surface area contributed by atoms with Crippen molar-refractivity contribution in [2.75, 3.05) is 20.2 Å².